The topological polar surface area (TPSA) is 84.2 Å². The molecule has 0 atom stereocenters. The molecule has 0 amide bonds. The van der Waals surface area contributed by atoms with Crippen molar-refractivity contribution < 1.29 is 28.2 Å². The molecule has 0 radical (unpaired) electrons. The van der Waals surface area contributed by atoms with Crippen LogP contribution in [0.5, 0.6) is 28.7 Å². The molecule has 0 spiro atoms. The lowest BCUT2D eigenvalue weighted by molar-refractivity contribution is -0.128. The van der Waals surface area contributed by atoms with E-state index in [0.717, 1.165) is 16.3 Å². The van der Waals surface area contributed by atoms with Crippen LogP contribution >= 0.6 is 0 Å². The van der Waals surface area contributed by atoms with Crippen LogP contribution in [0.1, 0.15) is 5.56 Å². The normalized spacial score (nSPS) is 12.6. The van der Waals surface area contributed by atoms with E-state index in [1.54, 1.807) is 30.3 Å². The quantitative estimate of drug-likeness (QED) is 0.166. The molecule has 0 saturated carbocycles. The van der Waals surface area contributed by atoms with Crippen molar-refractivity contribution in [1.82, 2.24) is 0 Å². The first-order valence-corrected chi connectivity index (χ1v) is 11.6. The zero-order valence-corrected chi connectivity index (χ0v) is 19.5. The Morgan fingerprint density at radius 2 is 1.62 bits per heavy atom. The van der Waals surface area contributed by atoms with E-state index in [4.69, 9.17) is 23.4 Å². The maximum Gasteiger partial charge on any atom is 0.336 e. The summed E-state index contributed by atoms with van der Waals surface area (Å²) in [5.41, 5.74) is 0.715. The molecule has 1 aliphatic rings. The highest BCUT2D eigenvalue weighted by Crippen LogP contribution is 2.31. The van der Waals surface area contributed by atoms with Crippen molar-refractivity contribution in [3.63, 3.8) is 0 Å². The van der Waals surface area contributed by atoms with Crippen molar-refractivity contribution in [3.05, 3.63) is 107 Å². The summed E-state index contributed by atoms with van der Waals surface area (Å²) >= 11 is 0. The van der Waals surface area contributed by atoms with Crippen LogP contribution in [0.2, 0.25) is 0 Å². The van der Waals surface area contributed by atoms with E-state index in [-0.39, 0.29) is 22.5 Å². The Bertz CT molecular complexity index is 1730. The van der Waals surface area contributed by atoms with Crippen LogP contribution in [-0.4, -0.2) is 19.2 Å². The van der Waals surface area contributed by atoms with Gasteiger partial charge in [0.1, 0.15) is 36.6 Å². The average molecular weight is 492 g/mol. The van der Waals surface area contributed by atoms with E-state index in [1.165, 1.54) is 24.5 Å². The number of ether oxygens (including phenoxy) is 4. The molecule has 5 aromatic rings. The summed E-state index contributed by atoms with van der Waals surface area (Å²) in [6.07, 6.45) is 4.19. The Hall–Kier alpha value is -5.04. The zero-order chi connectivity index (χ0) is 25.2. The first-order chi connectivity index (χ1) is 18.1. The second-order valence-electron chi connectivity index (χ2n) is 8.36. The van der Waals surface area contributed by atoms with E-state index in [0.29, 0.717) is 35.8 Å². The van der Waals surface area contributed by atoms with Gasteiger partial charge >= 0.3 is 5.97 Å². The van der Waals surface area contributed by atoms with E-state index in [1.807, 2.05) is 42.5 Å². The molecule has 4 aromatic carbocycles. The van der Waals surface area contributed by atoms with Gasteiger partial charge in [-0.15, -0.1) is 0 Å². The lowest BCUT2D eigenvalue weighted by Gasteiger charge is -2.18. The lowest BCUT2D eigenvalue weighted by atomic mass is 10.1. The van der Waals surface area contributed by atoms with Crippen molar-refractivity contribution in [1.29, 1.82) is 0 Å². The molecule has 2 heterocycles. The Balaban J connectivity index is 1.17. The summed E-state index contributed by atoms with van der Waals surface area (Å²) in [7, 11) is 0. The molecule has 37 heavy (non-hydrogen) atoms. The van der Waals surface area contributed by atoms with Crippen LogP contribution in [0.3, 0.4) is 0 Å². The zero-order valence-electron chi connectivity index (χ0n) is 19.5. The number of rotatable bonds is 5. The van der Waals surface area contributed by atoms with Crippen molar-refractivity contribution in [2.75, 3.05) is 13.2 Å². The Morgan fingerprint density at radius 1 is 0.811 bits per heavy atom. The average Bonchev–Trinajstić information content (AvgIpc) is 2.93. The third kappa shape index (κ3) is 4.75. The number of carbonyl (C=O) groups is 1. The van der Waals surface area contributed by atoms with Gasteiger partial charge < -0.3 is 23.4 Å². The summed E-state index contributed by atoms with van der Waals surface area (Å²) < 4.78 is 27.9. The van der Waals surface area contributed by atoms with Crippen LogP contribution in [0.4, 0.5) is 0 Å². The minimum absolute atomic E-state index is 0.0647. The van der Waals surface area contributed by atoms with Gasteiger partial charge in [-0.1, -0.05) is 36.4 Å². The number of hydrogen-bond acceptors (Lipinski definition) is 7. The Morgan fingerprint density at radius 3 is 2.51 bits per heavy atom. The molecular formula is C30H20O7. The van der Waals surface area contributed by atoms with Crippen LogP contribution in [0.25, 0.3) is 27.8 Å². The second-order valence-corrected chi connectivity index (χ2v) is 8.36. The summed E-state index contributed by atoms with van der Waals surface area (Å²) in [6.45, 7) is 0.997. The van der Waals surface area contributed by atoms with Crippen molar-refractivity contribution in [2.45, 2.75) is 0 Å². The van der Waals surface area contributed by atoms with Gasteiger partial charge in [-0.2, -0.15) is 0 Å². The van der Waals surface area contributed by atoms with Gasteiger partial charge in [0.15, 0.2) is 11.5 Å². The summed E-state index contributed by atoms with van der Waals surface area (Å²) in [5.74, 6) is 1.57. The third-order valence-electron chi connectivity index (χ3n) is 5.86. The molecular weight excluding hydrogens is 472 g/mol. The number of esters is 1. The van der Waals surface area contributed by atoms with Crippen molar-refractivity contribution >= 4 is 33.8 Å². The van der Waals surface area contributed by atoms with Gasteiger partial charge in [-0.05, 0) is 58.8 Å². The van der Waals surface area contributed by atoms with E-state index < -0.39 is 5.97 Å². The maximum atomic E-state index is 13.0. The molecule has 182 valence electrons. The number of carbonyl (C=O) groups excluding carboxylic acids is 1. The van der Waals surface area contributed by atoms with Crippen molar-refractivity contribution in [2.24, 2.45) is 0 Å². The molecule has 1 aliphatic heterocycles. The van der Waals surface area contributed by atoms with Crippen LogP contribution in [0, 0.1) is 0 Å². The fraction of sp³-hybridized carbons (Fsp3) is 0.0667. The number of fused-ring (bicyclic) bond motifs is 3. The van der Waals surface area contributed by atoms with E-state index >= 15 is 0 Å². The molecule has 0 bridgehead atoms. The van der Waals surface area contributed by atoms with Gasteiger partial charge in [-0.25, -0.2) is 4.79 Å². The first-order valence-electron chi connectivity index (χ1n) is 11.6. The smallest absolute Gasteiger partial charge is 0.336 e. The molecule has 0 saturated heterocycles. The van der Waals surface area contributed by atoms with Gasteiger partial charge in [0.05, 0.1) is 5.39 Å². The molecule has 0 fully saturated rings. The van der Waals surface area contributed by atoms with Crippen LogP contribution in [0.15, 0.2) is 100 Å². The third-order valence-corrected chi connectivity index (χ3v) is 5.86. The van der Waals surface area contributed by atoms with Gasteiger partial charge in [0.25, 0.3) is 0 Å². The molecule has 7 nitrogen and oxygen atoms in total. The largest absolute Gasteiger partial charge is 0.486 e. The second kappa shape index (κ2) is 9.54. The highest BCUT2D eigenvalue weighted by atomic mass is 16.6. The Labute approximate surface area is 211 Å². The van der Waals surface area contributed by atoms with E-state index in [9.17, 15) is 9.59 Å². The minimum Gasteiger partial charge on any atom is -0.486 e. The highest BCUT2D eigenvalue weighted by molar-refractivity contribution is 5.89. The minimum atomic E-state index is -0.576. The fourth-order valence-corrected chi connectivity index (χ4v) is 4.06. The van der Waals surface area contributed by atoms with Crippen LogP contribution < -0.4 is 24.4 Å². The van der Waals surface area contributed by atoms with Gasteiger partial charge in [-0.3, -0.25) is 4.79 Å². The summed E-state index contributed by atoms with van der Waals surface area (Å²) in [5, 5.41) is 2.38. The van der Waals surface area contributed by atoms with Crippen molar-refractivity contribution in [3.8, 4) is 28.7 Å². The Kier molecular flexibility index (Phi) is 5.78. The van der Waals surface area contributed by atoms with E-state index in [2.05, 4.69) is 0 Å². The summed E-state index contributed by atoms with van der Waals surface area (Å²) in [4.78, 5) is 25.3. The summed E-state index contributed by atoms with van der Waals surface area (Å²) in [6, 6.07) is 23.4. The molecule has 0 N–H and O–H groups in total. The number of benzene rings is 4. The highest BCUT2D eigenvalue weighted by Gasteiger charge is 2.13. The fourth-order valence-electron chi connectivity index (χ4n) is 4.06. The van der Waals surface area contributed by atoms with Gasteiger partial charge in [0, 0.05) is 12.1 Å². The number of hydrogen-bond donors (Lipinski definition) is 0. The molecule has 0 unspecified atom stereocenters. The van der Waals surface area contributed by atoms with Crippen LogP contribution in [-0.2, 0) is 4.79 Å². The first kappa shape index (κ1) is 22.4. The van der Waals surface area contributed by atoms with Gasteiger partial charge in [0.2, 0.25) is 11.2 Å². The standard InChI is InChI=1S/C30H20O7/c31-29(12-6-19-5-11-25-27(15-19)34-14-13-33-25)37-23-9-10-24-26(17-23)35-18-28(30(24)32)36-22-8-7-20-3-1-2-4-21(20)16-22/h1-12,15-18H,13-14H2/b12-6+. The SMILES string of the molecule is O=C(/C=C/c1ccc2c(c1)OCCO2)Oc1ccc2c(=O)c(Oc3ccc4ccccc4c3)coc2c1. The predicted octanol–water partition coefficient (Wildman–Crippen LogP) is 6.13. The maximum absolute atomic E-state index is 13.0. The lowest BCUT2D eigenvalue weighted by Crippen LogP contribution is -2.15. The molecule has 0 aliphatic carbocycles. The predicted molar refractivity (Wildman–Crippen MR) is 139 cm³/mol. The molecule has 6 rings (SSSR count). The molecule has 7 heteroatoms. The molecule has 1 aromatic heterocycles. The monoisotopic (exact) mass is 492 g/mol.